The zero-order chi connectivity index (χ0) is 13.3. The third kappa shape index (κ3) is 2.42. The summed E-state index contributed by atoms with van der Waals surface area (Å²) in [6.45, 7) is 0. The highest BCUT2D eigenvalue weighted by Gasteiger charge is 2.16. The lowest BCUT2D eigenvalue weighted by Gasteiger charge is -2.14. The van der Waals surface area contributed by atoms with Crippen LogP contribution in [0.5, 0.6) is 0 Å². The molecule has 0 amide bonds. The molecular formula is C13H9BrF3N. The van der Waals surface area contributed by atoms with Gasteiger partial charge < -0.3 is 5.73 Å². The van der Waals surface area contributed by atoms with Crippen LogP contribution >= 0.6 is 15.9 Å². The lowest BCUT2D eigenvalue weighted by Crippen LogP contribution is -2.14. The minimum Gasteiger partial charge on any atom is -0.320 e. The summed E-state index contributed by atoms with van der Waals surface area (Å²) < 4.78 is 40.0. The highest BCUT2D eigenvalue weighted by Crippen LogP contribution is 2.27. The fourth-order valence-electron chi connectivity index (χ4n) is 1.65. The summed E-state index contributed by atoms with van der Waals surface area (Å²) in [7, 11) is 0. The van der Waals surface area contributed by atoms with Gasteiger partial charge in [-0.05, 0) is 39.7 Å². The normalized spacial score (nSPS) is 12.5. The van der Waals surface area contributed by atoms with Gasteiger partial charge in [0.15, 0.2) is 11.6 Å². The average molecular weight is 316 g/mol. The summed E-state index contributed by atoms with van der Waals surface area (Å²) in [5, 5.41) is 0. The number of nitrogens with two attached hydrogens (primary N) is 1. The molecule has 2 rings (SSSR count). The maximum atomic E-state index is 13.8. The molecule has 0 aliphatic rings. The predicted octanol–water partition coefficient (Wildman–Crippen LogP) is 3.91. The minimum atomic E-state index is -1.00. The maximum absolute atomic E-state index is 13.8. The van der Waals surface area contributed by atoms with E-state index < -0.39 is 23.5 Å². The lowest BCUT2D eigenvalue weighted by molar-refractivity contribution is 0.505. The van der Waals surface area contributed by atoms with Crippen LogP contribution in [0.1, 0.15) is 17.2 Å². The van der Waals surface area contributed by atoms with Gasteiger partial charge in [0.2, 0.25) is 0 Å². The molecule has 0 saturated carbocycles. The molecule has 1 nitrogen and oxygen atoms in total. The quantitative estimate of drug-likeness (QED) is 0.893. The van der Waals surface area contributed by atoms with Crippen molar-refractivity contribution in [2.75, 3.05) is 0 Å². The van der Waals surface area contributed by atoms with Crippen LogP contribution in [0.4, 0.5) is 13.2 Å². The molecule has 2 N–H and O–H groups in total. The molecule has 0 fully saturated rings. The first kappa shape index (κ1) is 13.1. The zero-order valence-electron chi connectivity index (χ0n) is 9.13. The first-order valence-electron chi connectivity index (χ1n) is 5.15. The Morgan fingerprint density at radius 3 is 2.39 bits per heavy atom. The van der Waals surface area contributed by atoms with Crippen LogP contribution in [-0.4, -0.2) is 0 Å². The molecule has 0 heterocycles. The monoisotopic (exact) mass is 315 g/mol. The Balaban J connectivity index is 2.44. The summed E-state index contributed by atoms with van der Waals surface area (Å²) in [4.78, 5) is 0. The van der Waals surface area contributed by atoms with Crippen LogP contribution in [-0.2, 0) is 0 Å². The van der Waals surface area contributed by atoms with Crippen molar-refractivity contribution in [2.45, 2.75) is 6.04 Å². The van der Waals surface area contributed by atoms with Crippen molar-refractivity contribution in [1.82, 2.24) is 0 Å². The molecule has 1 unspecified atom stereocenters. The van der Waals surface area contributed by atoms with Gasteiger partial charge >= 0.3 is 0 Å². The van der Waals surface area contributed by atoms with Crippen LogP contribution in [0.25, 0.3) is 0 Å². The van der Waals surface area contributed by atoms with Gasteiger partial charge in [0.25, 0.3) is 0 Å². The van der Waals surface area contributed by atoms with Gasteiger partial charge in [-0.1, -0.05) is 18.2 Å². The van der Waals surface area contributed by atoms with Gasteiger partial charge in [-0.3, -0.25) is 0 Å². The molecule has 0 bridgehead atoms. The molecule has 0 aliphatic carbocycles. The van der Waals surface area contributed by atoms with E-state index in [0.29, 0.717) is 5.56 Å². The smallest absolute Gasteiger partial charge is 0.159 e. The minimum absolute atomic E-state index is 0.218. The van der Waals surface area contributed by atoms with Crippen LogP contribution in [0.3, 0.4) is 0 Å². The summed E-state index contributed by atoms with van der Waals surface area (Å²) in [6.07, 6.45) is 0. The Hall–Kier alpha value is -1.33. The van der Waals surface area contributed by atoms with Gasteiger partial charge in [0, 0.05) is 5.56 Å². The molecule has 2 aromatic carbocycles. The van der Waals surface area contributed by atoms with E-state index in [1.807, 2.05) is 0 Å². The van der Waals surface area contributed by atoms with E-state index >= 15 is 0 Å². The molecule has 2 aromatic rings. The predicted molar refractivity (Wildman–Crippen MR) is 66.5 cm³/mol. The second-order valence-corrected chi connectivity index (χ2v) is 4.65. The van der Waals surface area contributed by atoms with Crippen LogP contribution < -0.4 is 5.73 Å². The van der Waals surface area contributed by atoms with Crippen LogP contribution in [0, 0.1) is 17.5 Å². The number of halogens is 4. The molecule has 1 atom stereocenters. The molecule has 0 radical (unpaired) electrons. The molecule has 0 aromatic heterocycles. The van der Waals surface area contributed by atoms with E-state index in [9.17, 15) is 13.2 Å². The zero-order valence-corrected chi connectivity index (χ0v) is 10.7. The Kier molecular flexibility index (Phi) is 3.73. The molecule has 0 saturated heterocycles. The van der Waals surface area contributed by atoms with Crippen molar-refractivity contribution >= 4 is 15.9 Å². The lowest BCUT2D eigenvalue weighted by atomic mass is 9.99. The highest BCUT2D eigenvalue weighted by molar-refractivity contribution is 9.10. The van der Waals surface area contributed by atoms with Gasteiger partial charge in [-0.2, -0.15) is 0 Å². The maximum Gasteiger partial charge on any atom is 0.159 e. The van der Waals surface area contributed by atoms with E-state index in [0.717, 1.165) is 12.1 Å². The van der Waals surface area contributed by atoms with Crippen molar-refractivity contribution in [3.8, 4) is 0 Å². The van der Waals surface area contributed by atoms with Gasteiger partial charge in [-0.15, -0.1) is 0 Å². The van der Waals surface area contributed by atoms with E-state index in [1.165, 1.54) is 18.2 Å². The third-order valence-corrected chi connectivity index (χ3v) is 3.23. The summed E-state index contributed by atoms with van der Waals surface area (Å²) in [5.41, 5.74) is 6.38. The van der Waals surface area contributed by atoms with Crippen LogP contribution in [0.15, 0.2) is 40.9 Å². The topological polar surface area (TPSA) is 26.0 Å². The van der Waals surface area contributed by atoms with E-state index in [4.69, 9.17) is 5.73 Å². The SMILES string of the molecule is NC(c1ccc(F)c(F)c1)c1cccc(Br)c1F. The molecule has 0 aliphatic heterocycles. The number of benzene rings is 2. The molecule has 0 spiro atoms. The fourth-order valence-corrected chi connectivity index (χ4v) is 2.03. The van der Waals surface area contributed by atoms with Crippen LogP contribution in [0.2, 0.25) is 0 Å². The van der Waals surface area contributed by atoms with Crippen molar-refractivity contribution in [1.29, 1.82) is 0 Å². The summed E-state index contributed by atoms with van der Waals surface area (Å²) in [5.74, 6) is -2.46. The summed E-state index contributed by atoms with van der Waals surface area (Å²) >= 11 is 3.05. The van der Waals surface area contributed by atoms with E-state index in [2.05, 4.69) is 15.9 Å². The second kappa shape index (κ2) is 5.12. The third-order valence-electron chi connectivity index (χ3n) is 2.62. The Morgan fingerprint density at radius 1 is 1.00 bits per heavy atom. The van der Waals surface area contributed by atoms with Crippen molar-refractivity contribution in [2.24, 2.45) is 5.73 Å². The molecular weight excluding hydrogens is 307 g/mol. The van der Waals surface area contributed by atoms with E-state index in [1.54, 1.807) is 6.07 Å². The van der Waals surface area contributed by atoms with Crippen molar-refractivity contribution < 1.29 is 13.2 Å². The summed E-state index contributed by atoms with van der Waals surface area (Å²) in [6, 6.07) is 7.10. The van der Waals surface area contributed by atoms with E-state index in [-0.39, 0.29) is 10.0 Å². The van der Waals surface area contributed by atoms with Gasteiger partial charge in [0.05, 0.1) is 10.5 Å². The highest BCUT2D eigenvalue weighted by atomic mass is 79.9. The van der Waals surface area contributed by atoms with Gasteiger partial charge in [-0.25, -0.2) is 13.2 Å². The number of hydrogen-bond donors (Lipinski definition) is 1. The average Bonchev–Trinajstić information content (AvgIpc) is 2.35. The number of rotatable bonds is 2. The first-order chi connectivity index (χ1) is 8.50. The van der Waals surface area contributed by atoms with Crippen molar-refractivity contribution in [3.63, 3.8) is 0 Å². The Bertz CT molecular complexity index is 586. The Labute approximate surface area is 111 Å². The fraction of sp³-hybridized carbons (Fsp3) is 0.0769. The van der Waals surface area contributed by atoms with Gasteiger partial charge in [0.1, 0.15) is 5.82 Å². The molecule has 94 valence electrons. The Morgan fingerprint density at radius 2 is 1.72 bits per heavy atom. The number of hydrogen-bond acceptors (Lipinski definition) is 1. The first-order valence-corrected chi connectivity index (χ1v) is 5.94. The molecule has 18 heavy (non-hydrogen) atoms. The van der Waals surface area contributed by atoms with Crippen molar-refractivity contribution in [3.05, 3.63) is 69.4 Å². The standard InChI is InChI=1S/C13H9BrF3N/c14-9-3-1-2-8(12(9)17)13(18)7-4-5-10(15)11(16)6-7/h1-6,13H,18H2. The largest absolute Gasteiger partial charge is 0.320 e. The molecule has 5 heteroatoms. The second-order valence-electron chi connectivity index (χ2n) is 3.79.